The zero-order chi connectivity index (χ0) is 17.5. The smallest absolute Gasteiger partial charge is 0.251 e. The molecule has 7 nitrogen and oxygen atoms in total. The predicted molar refractivity (Wildman–Crippen MR) is 86.1 cm³/mol. The molecule has 2 amide bonds. The number of carbonyl (C=O) groups excluding carboxylic acids is 2. The van der Waals surface area contributed by atoms with E-state index in [2.05, 4.69) is 21.3 Å². The van der Waals surface area contributed by atoms with Crippen LogP contribution in [0.2, 0.25) is 0 Å². The molecule has 0 saturated carbocycles. The Kier molecular flexibility index (Phi) is 6.75. The van der Waals surface area contributed by atoms with Crippen LogP contribution in [-0.4, -0.2) is 39.4 Å². The molecule has 1 atom stereocenters. The van der Waals surface area contributed by atoms with Crippen molar-refractivity contribution in [2.24, 2.45) is 0 Å². The second-order valence-electron chi connectivity index (χ2n) is 4.65. The minimum atomic E-state index is -3.78. The summed E-state index contributed by atoms with van der Waals surface area (Å²) in [7, 11) is -3.78. The Morgan fingerprint density at radius 2 is 2.04 bits per heavy atom. The molecule has 0 aliphatic carbocycles. The topological polar surface area (TPSA) is 104 Å². The average molecular weight is 337 g/mol. The van der Waals surface area contributed by atoms with Gasteiger partial charge in [0.25, 0.3) is 5.91 Å². The van der Waals surface area contributed by atoms with E-state index in [-0.39, 0.29) is 22.9 Å². The van der Waals surface area contributed by atoms with Crippen LogP contribution >= 0.6 is 0 Å². The van der Waals surface area contributed by atoms with Crippen molar-refractivity contribution in [2.45, 2.75) is 24.8 Å². The van der Waals surface area contributed by atoms with Crippen molar-refractivity contribution in [2.75, 3.05) is 13.1 Å². The number of hydrogen-bond donors (Lipinski definition) is 3. The molecule has 0 aliphatic rings. The fraction of sp³-hybridized carbons (Fsp3) is 0.333. The van der Waals surface area contributed by atoms with Crippen LogP contribution in [0, 0.1) is 12.3 Å². The van der Waals surface area contributed by atoms with Gasteiger partial charge in [0.2, 0.25) is 15.9 Å². The molecule has 0 saturated heterocycles. The molecule has 0 fully saturated rings. The van der Waals surface area contributed by atoms with Crippen molar-refractivity contribution in [1.82, 2.24) is 15.4 Å². The van der Waals surface area contributed by atoms with Gasteiger partial charge in [-0.25, -0.2) is 8.42 Å². The van der Waals surface area contributed by atoms with E-state index in [4.69, 9.17) is 6.42 Å². The molecule has 1 aromatic rings. The monoisotopic (exact) mass is 337 g/mol. The molecule has 23 heavy (non-hydrogen) atoms. The molecule has 0 heterocycles. The number of amides is 2. The number of nitrogens with one attached hydrogen (secondary N) is 3. The van der Waals surface area contributed by atoms with Crippen LogP contribution < -0.4 is 15.4 Å². The average Bonchev–Trinajstić information content (AvgIpc) is 2.53. The Hall–Kier alpha value is -2.37. The highest BCUT2D eigenvalue weighted by Gasteiger charge is 2.18. The standard InChI is InChI=1S/C15H19N3O4S/c1-4-9-17-23(21,22)13-8-6-7-12(10-13)15(20)18-11(3)14(19)16-5-2/h1,6-8,10-11,17H,5,9H2,2-3H3,(H,16,19)(H,18,20). The van der Waals surface area contributed by atoms with Gasteiger partial charge in [0.15, 0.2) is 0 Å². The number of likely N-dealkylation sites (N-methyl/N-ethyl adjacent to an activating group) is 1. The number of sulfonamides is 1. The lowest BCUT2D eigenvalue weighted by molar-refractivity contribution is -0.122. The van der Waals surface area contributed by atoms with Crippen molar-refractivity contribution in [3.05, 3.63) is 29.8 Å². The summed E-state index contributed by atoms with van der Waals surface area (Å²) < 4.78 is 26.2. The van der Waals surface area contributed by atoms with Crippen molar-refractivity contribution in [3.8, 4) is 12.3 Å². The van der Waals surface area contributed by atoms with Gasteiger partial charge in [-0.15, -0.1) is 6.42 Å². The van der Waals surface area contributed by atoms with E-state index in [1.54, 1.807) is 6.92 Å². The molecular formula is C15H19N3O4S. The summed E-state index contributed by atoms with van der Waals surface area (Å²) in [6.45, 7) is 3.61. The lowest BCUT2D eigenvalue weighted by Crippen LogP contribution is -2.44. The van der Waals surface area contributed by atoms with Crippen LogP contribution in [0.3, 0.4) is 0 Å². The third-order valence-electron chi connectivity index (χ3n) is 2.86. The van der Waals surface area contributed by atoms with Gasteiger partial charge in [-0.3, -0.25) is 9.59 Å². The fourth-order valence-electron chi connectivity index (χ4n) is 1.70. The first-order valence-corrected chi connectivity index (χ1v) is 8.42. The van der Waals surface area contributed by atoms with Gasteiger partial charge in [-0.05, 0) is 32.0 Å². The number of carbonyl (C=O) groups is 2. The second kappa shape index (κ2) is 8.31. The number of terminal acetylenes is 1. The van der Waals surface area contributed by atoms with E-state index in [1.165, 1.54) is 31.2 Å². The number of hydrogen-bond acceptors (Lipinski definition) is 4. The van der Waals surface area contributed by atoms with Crippen LogP contribution in [0.1, 0.15) is 24.2 Å². The highest BCUT2D eigenvalue weighted by atomic mass is 32.2. The van der Waals surface area contributed by atoms with Crippen LogP contribution in [0.5, 0.6) is 0 Å². The molecule has 1 unspecified atom stereocenters. The molecule has 0 aromatic heterocycles. The van der Waals surface area contributed by atoms with E-state index < -0.39 is 22.0 Å². The molecule has 0 spiro atoms. The minimum absolute atomic E-state index is 0.0777. The molecule has 1 aromatic carbocycles. The summed E-state index contributed by atoms with van der Waals surface area (Å²) in [5, 5.41) is 5.09. The first kappa shape index (κ1) is 18.7. The summed E-state index contributed by atoms with van der Waals surface area (Å²) in [5.74, 6) is 1.30. The number of benzene rings is 1. The quantitative estimate of drug-likeness (QED) is 0.602. The summed E-state index contributed by atoms with van der Waals surface area (Å²) >= 11 is 0. The highest BCUT2D eigenvalue weighted by Crippen LogP contribution is 2.11. The largest absolute Gasteiger partial charge is 0.355 e. The molecule has 0 bridgehead atoms. The van der Waals surface area contributed by atoms with Gasteiger partial charge in [-0.2, -0.15) is 4.72 Å². The molecule has 0 radical (unpaired) electrons. The Labute approximate surface area is 135 Å². The Morgan fingerprint density at radius 3 is 2.65 bits per heavy atom. The Morgan fingerprint density at radius 1 is 1.35 bits per heavy atom. The van der Waals surface area contributed by atoms with E-state index >= 15 is 0 Å². The van der Waals surface area contributed by atoms with Crippen molar-refractivity contribution < 1.29 is 18.0 Å². The Bertz CT molecular complexity index is 722. The van der Waals surface area contributed by atoms with Gasteiger partial charge in [0.05, 0.1) is 11.4 Å². The van der Waals surface area contributed by atoms with E-state index in [0.29, 0.717) is 6.54 Å². The van der Waals surface area contributed by atoms with Gasteiger partial charge in [0, 0.05) is 12.1 Å². The molecule has 1 rings (SSSR count). The third-order valence-corrected chi connectivity index (χ3v) is 4.26. The van der Waals surface area contributed by atoms with E-state index in [9.17, 15) is 18.0 Å². The maximum Gasteiger partial charge on any atom is 0.251 e. The SMILES string of the molecule is C#CCNS(=O)(=O)c1cccc(C(=O)NC(C)C(=O)NCC)c1. The third kappa shape index (κ3) is 5.39. The lowest BCUT2D eigenvalue weighted by Gasteiger charge is -2.13. The molecule has 0 aliphatic heterocycles. The van der Waals surface area contributed by atoms with Crippen LogP contribution in [0.15, 0.2) is 29.2 Å². The van der Waals surface area contributed by atoms with E-state index in [1.807, 2.05) is 0 Å². The normalized spacial score (nSPS) is 12.0. The van der Waals surface area contributed by atoms with Gasteiger partial charge in [0.1, 0.15) is 6.04 Å². The summed E-state index contributed by atoms with van der Waals surface area (Å²) in [6, 6.07) is 4.74. The summed E-state index contributed by atoms with van der Waals surface area (Å²) in [6.07, 6.45) is 5.02. The summed E-state index contributed by atoms with van der Waals surface area (Å²) in [4.78, 5) is 23.6. The van der Waals surface area contributed by atoms with Crippen LogP contribution in [-0.2, 0) is 14.8 Å². The first-order chi connectivity index (χ1) is 10.8. The highest BCUT2D eigenvalue weighted by molar-refractivity contribution is 7.89. The minimum Gasteiger partial charge on any atom is -0.355 e. The lowest BCUT2D eigenvalue weighted by atomic mass is 10.2. The maximum absolute atomic E-state index is 12.1. The maximum atomic E-state index is 12.1. The van der Waals surface area contributed by atoms with Crippen LogP contribution in [0.25, 0.3) is 0 Å². The first-order valence-electron chi connectivity index (χ1n) is 6.93. The van der Waals surface area contributed by atoms with Gasteiger partial charge >= 0.3 is 0 Å². The van der Waals surface area contributed by atoms with Gasteiger partial charge in [-0.1, -0.05) is 12.0 Å². The van der Waals surface area contributed by atoms with Crippen LogP contribution in [0.4, 0.5) is 0 Å². The van der Waals surface area contributed by atoms with E-state index in [0.717, 1.165) is 0 Å². The molecule has 3 N–H and O–H groups in total. The Balaban J connectivity index is 2.90. The van der Waals surface area contributed by atoms with Gasteiger partial charge < -0.3 is 10.6 Å². The zero-order valence-corrected chi connectivity index (χ0v) is 13.7. The molecule has 124 valence electrons. The predicted octanol–water partition coefficient (Wildman–Crippen LogP) is -0.147. The van der Waals surface area contributed by atoms with Crippen molar-refractivity contribution in [1.29, 1.82) is 0 Å². The molecule has 8 heteroatoms. The fourth-order valence-corrected chi connectivity index (χ4v) is 2.68. The summed E-state index contributed by atoms with van der Waals surface area (Å²) in [5.41, 5.74) is 0.129. The number of rotatable bonds is 7. The second-order valence-corrected chi connectivity index (χ2v) is 6.41. The van der Waals surface area contributed by atoms with Crippen molar-refractivity contribution in [3.63, 3.8) is 0 Å². The zero-order valence-electron chi connectivity index (χ0n) is 12.9. The van der Waals surface area contributed by atoms with Crippen molar-refractivity contribution >= 4 is 21.8 Å². The molecular weight excluding hydrogens is 318 g/mol.